The first-order valence-corrected chi connectivity index (χ1v) is 8.28. The lowest BCUT2D eigenvalue weighted by Gasteiger charge is -2.47. The largest absolute Gasteiger partial charge is 0.328 e. The van der Waals surface area contributed by atoms with Crippen LogP contribution in [0.3, 0.4) is 0 Å². The highest BCUT2D eigenvalue weighted by Crippen LogP contribution is 2.43. The van der Waals surface area contributed by atoms with Crippen LogP contribution in [0.15, 0.2) is 0 Å². The molecule has 1 rings (SSSR count). The van der Waals surface area contributed by atoms with Gasteiger partial charge in [0.05, 0.1) is 0 Å². The van der Waals surface area contributed by atoms with Crippen LogP contribution in [0, 0.1) is 0 Å². The average molecular weight is 214 g/mol. The van der Waals surface area contributed by atoms with E-state index in [1.165, 1.54) is 32.1 Å². The second-order valence-electron chi connectivity index (χ2n) is 4.51. The van der Waals surface area contributed by atoms with E-state index in [2.05, 4.69) is 37.9 Å². The van der Waals surface area contributed by atoms with E-state index in [1.807, 2.05) is 0 Å². The molecule has 0 amide bonds. The van der Waals surface area contributed by atoms with E-state index in [0.29, 0.717) is 0 Å². The number of rotatable bonds is 4. The molecule has 0 spiro atoms. The van der Waals surface area contributed by atoms with Gasteiger partial charge >= 0.3 is 0 Å². The van der Waals surface area contributed by atoms with Crippen LogP contribution in [0.2, 0.25) is 11.1 Å². The van der Waals surface area contributed by atoms with Crippen LogP contribution in [-0.4, -0.2) is 22.5 Å². The molecule has 1 aliphatic heterocycles. The van der Waals surface area contributed by atoms with Crippen LogP contribution in [0.1, 0.15) is 46.0 Å². The number of hydrogen-bond acceptors (Lipinski definition) is 2. The average Bonchev–Trinajstić information content (AvgIpc) is 2.27. The summed E-state index contributed by atoms with van der Waals surface area (Å²) in [6, 6.07) is 0. The van der Waals surface area contributed by atoms with Crippen LogP contribution in [0.25, 0.3) is 0 Å². The fourth-order valence-electron chi connectivity index (χ4n) is 3.39. The summed E-state index contributed by atoms with van der Waals surface area (Å²) in [5.74, 6) is 0. The lowest BCUT2D eigenvalue weighted by molar-refractivity contribution is 0.496. The van der Waals surface area contributed by atoms with Crippen molar-refractivity contribution in [3.8, 4) is 0 Å². The molecule has 0 aliphatic carbocycles. The number of nitrogens with one attached hydrogen (secondary N) is 2. The second kappa shape index (κ2) is 5.28. The van der Waals surface area contributed by atoms with E-state index in [0.717, 1.165) is 11.1 Å². The van der Waals surface area contributed by atoms with Crippen molar-refractivity contribution in [1.29, 1.82) is 0 Å². The molecule has 2 N–H and O–H groups in total. The molecular weight excluding hydrogens is 188 g/mol. The van der Waals surface area contributed by atoms with Crippen molar-refractivity contribution in [1.82, 2.24) is 9.96 Å². The molecule has 1 fully saturated rings. The smallest absolute Gasteiger partial charge is 0.207 e. The van der Waals surface area contributed by atoms with E-state index in [9.17, 15) is 0 Å². The summed E-state index contributed by atoms with van der Waals surface area (Å²) in [6.07, 6.45) is 6.98. The Morgan fingerprint density at radius 1 is 1.00 bits per heavy atom. The molecule has 0 saturated carbocycles. The molecule has 1 aliphatic rings. The highest BCUT2D eigenvalue weighted by atomic mass is 28.3. The Labute approximate surface area is 90.0 Å². The summed E-state index contributed by atoms with van der Waals surface area (Å²) < 4.78 is 0. The van der Waals surface area contributed by atoms with Gasteiger partial charge < -0.3 is 9.96 Å². The van der Waals surface area contributed by atoms with Crippen molar-refractivity contribution in [3.05, 3.63) is 0 Å². The van der Waals surface area contributed by atoms with Gasteiger partial charge in [-0.1, -0.05) is 46.0 Å². The molecule has 2 nitrogen and oxygen atoms in total. The minimum absolute atomic E-state index is 0.927. The topological polar surface area (TPSA) is 24.1 Å². The van der Waals surface area contributed by atoms with Gasteiger partial charge in [0.1, 0.15) is 0 Å². The van der Waals surface area contributed by atoms with Gasteiger partial charge in [-0.15, -0.1) is 0 Å². The molecule has 1 heterocycles. The van der Waals surface area contributed by atoms with Gasteiger partial charge in [-0.2, -0.15) is 0 Å². The summed E-state index contributed by atoms with van der Waals surface area (Å²) >= 11 is 0. The lowest BCUT2D eigenvalue weighted by atomic mass is 10.1. The molecule has 0 aromatic heterocycles. The molecule has 84 valence electrons. The van der Waals surface area contributed by atoms with Crippen molar-refractivity contribution in [2.24, 2.45) is 0 Å². The van der Waals surface area contributed by atoms with Gasteiger partial charge in [-0.05, 0) is 25.2 Å². The molecular formula is C11H26N2Si. The van der Waals surface area contributed by atoms with E-state index < -0.39 is 8.40 Å². The molecule has 14 heavy (non-hydrogen) atoms. The van der Waals surface area contributed by atoms with Crippen LogP contribution in [-0.2, 0) is 0 Å². The Hall–Kier alpha value is 0.137. The highest BCUT2D eigenvalue weighted by molar-refractivity contribution is 6.78. The van der Waals surface area contributed by atoms with Crippen molar-refractivity contribution in [3.63, 3.8) is 0 Å². The Morgan fingerprint density at radius 3 is 1.71 bits per heavy atom. The predicted molar refractivity (Wildman–Crippen MR) is 65.8 cm³/mol. The first-order valence-electron chi connectivity index (χ1n) is 6.12. The van der Waals surface area contributed by atoms with E-state index >= 15 is 0 Å². The Kier molecular flexibility index (Phi) is 4.61. The molecule has 3 heteroatoms. The maximum atomic E-state index is 3.70. The first kappa shape index (κ1) is 12.2. The monoisotopic (exact) mass is 214 g/mol. The van der Waals surface area contributed by atoms with Gasteiger partial charge in [0.25, 0.3) is 0 Å². The molecule has 0 radical (unpaired) electrons. The normalized spacial score (nSPS) is 31.7. The predicted octanol–water partition coefficient (Wildman–Crippen LogP) is 2.61. The second-order valence-corrected chi connectivity index (χ2v) is 8.88. The third kappa shape index (κ3) is 1.90. The fourth-order valence-corrected chi connectivity index (χ4v) is 8.55. The standard InChI is InChI=1S/C11H26N2Si/c1-5-10-8-7-9-11(6-2)14(10,12-3)13-4/h10-13H,5-9H2,1-4H3. The van der Waals surface area contributed by atoms with E-state index in [-0.39, 0.29) is 0 Å². The molecule has 0 aromatic carbocycles. The maximum Gasteiger partial charge on any atom is 0.207 e. The summed E-state index contributed by atoms with van der Waals surface area (Å²) in [4.78, 5) is 7.39. The summed E-state index contributed by atoms with van der Waals surface area (Å²) in [6.45, 7) is 4.69. The summed E-state index contributed by atoms with van der Waals surface area (Å²) in [5, 5.41) is 0. The summed E-state index contributed by atoms with van der Waals surface area (Å²) in [7, 11) is 2.94. The van der Waals surface area contributed by atoms with Crippen LogP contribution >= 0.6 is 0 Å². The van der Waals surface area contributed by atoms with Crippen LogP contribution < -0.4 is 9.96 Å². The number of hydrogen-bond donors (Lipinski definition) is 2. The van der Waals surface area contributed by atoms with Crippen molar-refractivity contribution >= 4 is 8.40 Å². The SMILES string of the molecule is CCC1CCCC(CC)[Si]1(NC)NC. The first-order chi connectivity index (χ1) is 6.75. The van der Waals surface area contributed by atoms with Crippen LogP contribution in [0.4, 0.5) is 0 Å². The maximum absolute atomic E-state index is 3.70. The molecule has 0 bridgehead atoms. The quantitative estimate of drug-likeness (QED) is 0.703. The Morgan fingerprint density at radius 2 is 1.43 bits per heavy atom. The van der Waals surface area contributed by atoms with Crippen molar-refractivity contribution in [2.75, 3.05) is 14.1 Å². The Bertz CT molecular complexity index is 155. The lowest BCUT2D eigenvalue weighted by Crippen LogP contribution is -2.67. The zero-order valence-electron chi connectivity index (χ0n) is 10.2. The third-order valence-corrected chi connectivity index (χ3v) is 9.83. The van der Waals surface area contributed by atoms with E-state index in [1.54, 1.807) is 0 Å². The molecule has 0 aromatic rings. The van der Waals surface area contributed by atoms with Crippen LogP contribution in [0.5, 0.6) is 0 Å². The molecule has 2 atom stereocenters. The third-order valence-electron chi connectivity index (χ3n) is 4.21. The van der Waals surface area contributed by atoms with Crippen molar-refractivity contribution in [2.45, 2.75) is 57.0 Å². The van der Waals surface area contributed by atoms with Gasteiger partial charge in [-0.25, -0.2) is 0 Å². The summed E-state index contributed by atoms with van der Waals surface area (Å²) in [5.41, 5.74) is 1.85. The van der Waals surface area contributed by atoms with Crippen molar-refractivity contribution < 1.29 is 0 Å². The van der Waals surface area contributed by atoms with Gasteiger partial charge in [-0.3, -0.25) is 0 Å². The van der Waals surface area contributed by atoms with Gasteiger partial charge in [0.15, 0.2) is 0 Å². The molecule has 2 unspecified atom stereocenters. The highest BCUT2D eigenvalue weighted by Gasteiger charge is 2.46. The van der Waals surface area contributed by atoms with E-state index in [4.69, 9.17) is 0 Å². The molecule has 1 saturated heterocycles. The fraction of sp³-hybridized carbons (Fsp3) is 1.00. The minimum atomic E-state index is -1.39. The van der Waals surface area contributed by atoms with Gasteiger partial charge in [0, 0.05) is 0 Å². The Balaban J connectivity index is 2.86. The zero-order chi connectivity index (χ0) is 10.6. The zero-order valence-corrected chi connectivity index (χ0v) is 11.2. The minimum Gasteiger partial charge on any atom is -0.328 e. The van der Waals surface area contributed by atoms with Gasteiger partial charge in [0.2, 0.25) is 8.40 Å².